The zero-order valence-electron chi connectivity index (χ0n) is 13.3. The van der Waals surface area contributed by atoms with E-state index in [0.717, 1.165) is 0 Å². The highest BCUT2D eigenvalue weighted by Crippen LogP contribution is 2.31. The maximum atomic E-state index is 12.3. The summed E-state index contributed by atoms with van der Waals surface area (Å²) in [5.74, 6) is -1.08. The van der Waals surface area contributed by atoms with Crippen molar-refractivity contribution in [1.29, 1.82) is 0 Å². The van der Waals surface area contributed by atoms with Crippen LogP contribution in [0.4, 0.5) is 0 Å². The number of carbonyl (C=O) groups excluding carboxylic acids is 1. The molecule has 3 atom stereocenters. The highest BCUT2D eigenvalue weighted by atomic mass is 32.2. The van der Waals surface area contributed by atoms with Gasteiger partial charge in [0.05, 0.1) is 24.4 Å². The van der Waals surface area contributed by atoms with Gasteiger partial charge in [-0.1, -0.05) is 27.2 Å². The van der Waals surface area contributed by atoms with Crippen molar-refractivity contribution in [3.63, 3.8) is 0 Å². The number of carbonyl (C=O) groups is 1. The highest BCUT2D eigenvalue weighted by Gasteiger charge is 2.42. The van der Waals surface area contributed by atoms with Crippen molar-refractivity contribution in [3.8, 4) is 0 Å². The van der Waals surface area contributed by atoms with Crippen molar-refractivity contribution >= 4 is 16.0 Å². The lowest BCUT2D eigenvalue weighted by molar-refractivity contribution is -0.145. The molecular weight excluding hydrogens is 294 g/mol. The van der Waals surface area contributed by atoms with Gasteiger partial charge in [0.1, 0.15) is 0 Å². The van der Waals surface area contributed by atoms with Gasteiger partial charge in [-0.3, -0.25) is 4.79 Å². The van der Waals surface area contributed by atoms with Crippen LogP contribution in [0.1, 0.15) is 46.5 Å². The Morgan fingerprint density at radius 2 is 2.00 bits per heavy atom. The predicted octanol–water partition coefficient (Wildman–Crippen LogP) is 1.04. The molecule has 0 heterocycles. The second-order valence-corrected chi connectivity index (χ2v) is 8.90. The molecule has 1 saturated carbocycles. The summed E-state index contributed by atoms with van der Waals surface area (Å²) in [4.78, 5) is 11.6. The van der Waals surface area contributed by atoms with E-state index in [1.807, 2.05) is 20.8 Å². The molecule has 7 heteroatoms. The normalized spacial score (nSPS) is 24.8. The summed E-state index contributed by atoms with van der Waals surface area (Å²) >= 11 is 0. The number of nitrogens with one attached hydrogen (secondary N) is 1. The van der Waals surface area contributed by atoms with E-state index in [9.17, 15) is 18.3 Å². The van der Waals surface area contributed by atoms with Crippen LogP contribution in [0.3, 0.4) is 0 Å². The van der Waals surface area contributed by atoms with Crippen LogP contribution in [-0.2, 0) is 19.6 Å². The van der Waals surface area contributed by atoms with Crippen molar-refractivity contribution in [3.05, 3.63) is 0 Å². The van der Waals surface area contributed by atoms with Gasteiger partial charge in [-0.05, 0) is 24.7 Å². The van der Waals surface area contributed by atoms with Crippen molar-refractivity contribution in [1.82, 2.24) is 4.72 Å². The van der Waals surface area contributed by atoms with Crippen molar-refractivity contribution < 1.29 is 23.1 Å². The minimum absolute atomic E-state index is 0.0238. The van der Waals surface area contributed by atoms with E-state index in [-0.39, 0.29) is 12.0 Å². The van der Waals surface area contributed by atoms with Crippen molar-refractivity contribution in [2.75, 3.05) is 13.7 Å². The van der Waals surface area contributed by atoms with E-state index < -0.39 is 33.3 Å². The average molecular weight is 321 g/mol. The summed E-state index contributed by atoms with van der Waals surface area (Å²) < 4.78 is 31.7. The Labute approximate surface area is 127 Å². The number of esters is 1. The van der Waals surface area contributed by atoms with Crippen LogP contribution in [0.2, 0.25) is 0 Å². The standard InChI is InChI=1S/C14H27NO5S/c1-14(2,3)8-10(16)9-15-21(18,19)12-7-5-6-11(12)13(17)20-4/h10-12,15-16H,5-9H2,1-4H3. The van der Waals surface area contributed by atoms with Crippen LogP contribution in [0.25, 0.3) is 0 Å². The molecule has 2 N–H and O–H groups in total. The van der Waals surface area contributed by atoms with Gasteiger partial charge in [0.25, 0.3) is 0 Å². The van der Waals surface area contributed by atoms with E-state index in [0.29, 0.717) is 25.7 Å². The molecule has 0 aromatic carbocycles. The topological polar surface area (TPSA) is 92.7 Å². The van der Waals surface area contributed by atoms with Gasteiger partial charge in [0.15, 0.2) is 0 Å². The second kappa shape index (κ2) is 7.07. The van der Waals surface area contributed by atoms with E-state index >= 15 is 0 Å². The number of aliphatic hydroxyl groups is 1. The molecule has 1 aliphatic rings. The fourth-order valence-corrected chi connectivity index (χ4v) is 4.61. The molecule has 124 valence electrons. The first-order chi connectivity index (χ1) is 9.57. The van der Waals surface area contributed by atoms with Crippen LogP contribution in [0.5, 0.6) is 0 Å². The molecule has 6 nitrogen and oxygen atoms in total. The Morgan fingerprint density at radius 3 is 2.52 bits per heavy atom. The monoisotopic (exact) mass is 321 g/mol. The van der Waals surface area contributed by atoms with Gasteiger partial charge < -0.3 is 9.84 Å². The van der Waals surface area contributed by atoms with Crippen LogP contribution in [0, 0.1) is 11.3 Å². The number of ether oxygens (including phenoxy) is 1. The molecule has 0 radical (unpaired) electrons. The van der Waals surface area contributed by atoms with Crippen LogP contribution >= 0.6 is 0 Å². The maximum absolute atomic E-state index is 12.3. The van der Waals surface area contributed by atoms with Gasteiger partial charge >= 0.3 is 5.97 Å². The first kappa shape index (κ1) is 18.4. The van der Waals surface area contributed by atoms with Crippen molar-refractivity contribution in [2.45, 2.75) is 57.8 Å². The molecule has 0 amide bonds. The summed E-state index contributed by atoms with van der Waals surface area (Å²) in [6.07, 6.45) is 1.43. The average Bonchev–Trinajstić information content (AvgIpc) is 2.83. The molecule has 0 aliphatic heterocycles. The third kappa shape index (κ3) is 5.56. The van der Waals surface area contributed by atoms with Gasteiger partial charge in [-0.25, -0.2) is 13.1 Å². The number of aliphatic hydroxyl groups excluding tert-OH is 1. The molecule has 21 heavy (non-hydrogen) atoms. The Morgan fingerprint density at radius 1 is 1.38 bits per heavy atom. The molecule has 1 aliphatic carbocycles. The summed E-state index contributed by atoms with van der Waals surface area (Å²) in [5, 5.41) is 9.14. The molecule has 0 aromatic rings. The lowest BCUT2D eigenvalue weighted by Gasteiger charge is -2.24. The van der Waals surface area contributed by atoms with Gasteiger partial charge in [0, 0.05) is 6.54 Å². The zero-order chi connectivity index (χ0) is 16.3. The summed E-state index contributed by atoms with van der Waals surface area (Å²) in [6, 6.07) is 0. The third-order valence-corrected chi connectivity index (χ3v) is 5.65. The van der Waals surface area contributed by atoms with E-state index in [4.69, 9.17) is 0 Å². The number of methoxy groups -OCH3 is 1. The largest absolute Gasteiger partial charge is 0.469 e. The fourth-order valence-electron chi connectivity index (χ4n) is 2.82. The fraction of sp³-hybridized carbons (Fsp3) is 0.929. The Bertz CT molecular complexity index is 454. The summed E-state index contributed by atoms with van der Waals surface area (Å²) in [5.41, 5.74) is -0.0766. The molecule has 3 unspecified atom stereocenters. The van der Waals surface area contributed by atoms with Crippen LogP contribution < -0.4 is 4.72 Å². The molecule has 0 aromatic heterocycles. The molecule has 0 bridgehead atoms. The van der Waals surface area contributed by atoms with E-state index in [1.165, 1.54) is 7.11 Å². The predicted molar refractivity (Wildman–Crippen MR) is 80.1 cm³/mol. The number of hydrogen-bond donors (Lipinski definition) is 2. The smallest absolute Gasteiger partial charge is 0.310 e. The molecule has 0 saturated heterocycles. The van der Waals surface area contributed by atoms with Crippen LogP contribution in [-0.4, -0.2) is 44.5 Å². The highest BCUT2D eigenvalue weighted by molar-refractivity contribution is 7.90. The minimum atomic E-state index is -3.63. The summed E-state index contributed by atoms with van der Waals surface area (Å²) in [6.45, 7) is 5.92. The number of sulfonamides is 1. The van der Waals surface area contributed by atoms with Gasteiger partial charge in [0.2, 0.25) is 10.0 Å². The second-order valence-electron chi connectivity index (χ2n) is 6.91. The molecule has 1 rings (SSSR count). The van der Waals surface area contributed by atoms with Crippen LogP contribution in [0.15, 0.2) is 0 Å². The molecular formula is C14H27NO5S. The number of rotatable bonds is 6. The Kier molecular flexibility index (Phi) is 6.19. The van der Waals surface area contributed by atoms with Gasteiger partial charge in [-0.2, -0.15) is 0 Å². The van der Waals surface area contributed by atoms with E-state index in [2.05, 4.69) is 9.46 Å². The Hall–Kier alpha value is -0.660. The molecule has 1 fully saturated rings. The SMILES string of the molecule is COC(=O)C1CCCC1S(=O)(=O)NCC(O)CC(C)(C)C. The zero-order valence-corrected chi connectivity index (χ0v) is 14.1. The first-order valence-electron chi connectivity index (χ1n) is 7.31. The third-order valence-electron chi connectivity index (χ3n) is 3.72. The minimum Gasteiger partial charge on any atom is -0.469 e. The van der Waals surface area contributed by atoms with E-state index in [1.54, 1.807) is 0 Å². The molecule has 0 spiro atoms. The quantitative estimate of drug-likeness (QED) is 0.713. The number of hydrogen-bond acceptors (Lipinski definition) is 5. The lowest BCUT2D eigenvalue weighted by atomic mass is 9.89. The lowest BCUT2D eigenvalue weighted by Crippen LogP contribution is -2.42. The van der Waals surface area contributed by atoms with Gasteiger partial charge in [-0.15, -0.1) is 0 Å². The Balaban J connectivity index is 2.63. The first-order valence-corrected chi connectivity index (χ1v) is 8.86. The van der Waals surface area contributed by atoms with Crippen molar-refractivity contribution in [2.24, 2.45) is 11.3 Å². The summed E-state index contributed by atoms with van der Waals surface area (Å²) in [7, 11) is -2.36. The maximum Gasteiger partial charge on any atom is 0.310 e.